The third-order valence-electron chi connectivity index (χ3n) is 2.55. The summed E-state index contributed by atoms with van der Waals surface area (Å²) in [6.45, 7) is 4.06. The molecule has 1 aliphatic carbocycles. The van der Waals surface area contributed by atoms with Gasteiger partial charge in [0.25, 0.3) is 0 Å². The molecule has 0 aliphatic heterocycles. The topological polar surface area (TPSA) is 23.9 Å². The molecule has 1 rings (SSSR count). The van der Waals surface area contributed by atoms with Crippen LogP contribution in [0.25, 0.3) is 0 Å². The molecular formula is C13H19N. The second kappa shape index (κ2) is 5.62. The van der Waals surface area contributed by atoms with Crippen LogP contribution in [0.1, 0.15) is 39.5 Å². The Hall–Kier alpha value is -1.07. The van der Waals surface area contributed by atoms with E-state index in [1.54, 1.807) is 0 Å². The van der Waals surface area contributed by atoms with Crippen LogP contribution in [0, 0.1) is 11.3 Å². The maximum Gasteiger partial charge on any atom is 0.0394 e. The lowest BCUT2D eigenvalue weighted by Gasteiger charge is -2.16. The van der Waals surface area contributed by atoms with Crippen molar-refractivity contribution in [2.75, 3.05) is 0 Å². The summed E-state index contributed by atoms with van der Waals surface area (Å²) in [7, 11) is 0. The lowest BCUT2D eigenvalue weighted by atomic mass is 9.88. The van der Waals surface area contributed by atoms with E-state index in [9.17, 15) is 0 Å². The second-order valence-electron chi connectivity index (χ2n) is 3.82. The van der Waals surface area contributed by atoms with Gasteiger partial charge < -0.3 is 5.41 Å². The highest BCUT2D eigenvalue weighted by molar-refractivity contribution is 5.95. The van der Waals surface area contributed by atoms with Gasteiger partial charge in [0.2, 0.25) is 0 Å². The van der Waals surface area contributed by atoms with Crippen molar-refractivity contribution in [2.24, 2.45) is 5.92 Å². The normalized spacial score (nSPS) is 23.6. The zero-order valence-corrected chi connectivity index (χ0v) is 9.14. The standard InChI is InChI=1S/C13H19N/c1-3-8-12-9-6-4-5-7-10-13(12)11(2)14/h4,6-7,12,14H,3,5,8-9H2,1-2H3/b6-4-,14-11?. The molecule has 1 N–H and O–H groups in total. The van der Waals surface area contributed by atoms with Crippen molar-refractivity contribution >= 4 is 5.71 Å². The van der Waals surface area contributed by atoms with Crippen molar-refractivity contribution in [2.45, 2.75) is 39.5 Å². The van der Waals surface area contributed by atoms with E-state index in [4.69, 9.17) is 5.41 Å². The Morgan fingerprint density at radius 3 is 3.00 bits per heavy atom. The van der Waals surface area contributed by atoms with Gasteiger partial charge in [-0.3, -0.25) is 0 Å². The van der Waals surface area contributed by atoms with Gasteiger partial charge in [-0.05, 0) is 38.2 Å². The minimum absolute atomic E-state index is 0.505. The molecule has 0 saturated heterocycles. The molecule has 1 heteroatoms. The predicted molar refractivity (Wildman–Crippen MR) is 61.8 cm³/mol. The summed E-state index contributed by atoms with van der Waals surface area (Å²) < 4.78 is 0. The molecule has 0 amide bonds. The molecule has 1 atom stereocenters. The summed E-state index contributed by atoms with van der Waals surface area (Å²) in [5, 5.41) is 7.72. The van der Waals surface area contributed by atoms with Gasteiger partial charge in [0.1, 0.15) is 0 Å². The van der Waals surface area contributed by atoms with E-state index in [-0.39, 0.29) is 0 Å². The van der Waals surface area contributed by atoms with Crippen molar-refractivity contribution in [1.82, 2.24) is 0 Å². The summed E-state index contributed by atoms with van der Waals surface area (Å²) in [6.07, 6.45) is 10.8. The molecule has 0 bridgehead atoms. The van der Waals surface area contributed by atoms with Crippen molar-refractivity contribution in [3.05, 3.63) is 29.5 Å². The maximum atomic E-state index is 7.72. The first kappa shape index (κ1) is 11.0. The first-order chi connectivity index (χ1) is 6.75. The van der Waals surface area contributed by atoms with Crippen molar-refractivity contribution in [1.29, 1.82) is 5.41 Å². The maximum absolute atomic E-state index is 7.72. The van der Waals surface area contributed by atoms with Gasteiger partial charge in [-0.25, -0.2) is 0 Å². The molecule has 1 unspecified atom stereocenters. The minimum atomic E-state index is 0.505. The average molecular weight is 189 g/mol. The third-order valence-corrected chi connectivity index (χ3v) is 2.55. The Balaban J connectivity index is 2.90. The fourth-order valence-corrected chi connectivity index (χ4v) is 1.85. The van der Waals surface area contributed by atoms with Gasteiger partial charge in [-0.15, -0.1) is 5.73 Å². The zero-order valence-electron chi connectivity index (χ0n) is 9.14. The number of hydrogen-bond donors (Lipinski definition) is 1. The van der Waals surface area contributed by atoms with E-state index in [1.807, 2.05) is 13.0 Å². The predicted octanol–water partition coefficient (Wildman–Crippen LogP) is 3.87. The van der Waals surface area contributed by atoms with Crippen LogP contribution >= 0.6 is 0 Å². The molecule has 1 nitrogen and oxygen atoms in total. The van der Waals surface area contributed by atoms with E-state index in [0.29, 0.717) is 11.6 Å². The molecule has 0 aromatic heterocycles. The molecule has 0 aromatic rings. The van der Waals surface area contributed by atoms with Crippen LogP contribution < -0.4 is 0 Å². The summed E-state index contributed by atoms with van der Waals surface area (Å²) in [5.74, 6) is 0.505. The molecule has 76 valence electrons. The molecule has 0 spiro atoms. The van der Waals surface area contributed by atoms with Gasteiger partial charge in [0, 0.05) is 11.3 Å². The van der Waals surface area contributed by atoms with E-state index in [1.165, 1.54) is 6.42 Å². The van der Waals surface area contributed by atoms with Crippen LogP contribution in [0.4, 0.5) is 0 Å². The molecule has 0 fully saturated rings. The highest BCUT2D eigenvalue weighted by Gasteiger charge is 2.13. The van der Waals surface area contributed by atoms with Crippen LogP contribution in [0.15, 0.2) is 29.5 Å². The monoisotopic (exact) mass is 189 g/mol. The Morgan fingerprint density at radius 2 is 2.36 bits per heavy atom. The zero-order chi connectivity index (χ0) is 10.4. The SMILES string of the molecule is CCCC1C/C=C\CC=C=C1C(C)=N. The Labute approximate surface area is 86.7 Å². The first-order valence-electron chi connectivity index (χ1n) is 5.41. The molecule has 14 heavy (non-hydrogen) atoms. The van der Waals surface area contributed by atoms with Gasteiger partial charge in [-0.1, -0.05) is 25.5 Å². The van der Waals surface area contributed by atoms with Crippen molar-refractivity contribution < 1.29 is 0 Å². The van der Waals surface area contributed by atoms with E-state index in [0.717, 1.165) is 24.8 Å². The summed E-state index contributed by atoms with van der Waals surface area (Å²) >= 11 is 0. The van der Waals surface area contributed by atoms with Gasteiger partial charge in [-0.2, -0.15) is 0 Å². The van der Waals surface area contributed by atoms with E-state index >= 15 is 0 Å². The summed E-state index contributed by atoms with van der Waals surface area (Å²) in [6, 6.07) is 0. The number of rotatable bonds is 3. The highest BCUT2D eigenvalue weighted by atomic mass is 14.4. The lowest BCUT2D eigenvalue weighted by molar-refractivity contribution is 0.572. The molecule has 0 saturated carbocycles. The fourth-order valence-electron chi connectivity index (χ4n) is 1.85. The molecular weight excluding hydrogens is 170 g/mol. The van der Waals surface area contributed by atoms with Gasteiger partial charge in [0.15, 0.2) is 0 Å². The second-order valence-corrected chi connectivity index (χ2v) is 3.82. The average Bonchev–Trinajstić information content (AvgIpc) is 2.09. The lowest BCUT2D eigenvalue weighted by Crippen LogP contribution is -2.09. The van der Waals surface area contributed by atoms with Crippen LogP contribution in [-0.2, 0) is 0 Å². The third kappa shape index (κ3) is 3.01. The van der Waals surface area contributed by atoms with Crippen molar-refractivity contribution in [3.63, 3.8) is 0 Å². The molecule has 0 heterocycles. The van der Waals surface area contributed by atoms with Crippen molar-refractivity contribution in [3.8, 4) is 0 Å². The first-order valence-corrected chi connectivity index (χ1v) is 5.41. The Bertz CT molecular complexity index is 290. The number of allylic oxidation sites excluding steroid dienone is 3. The number of hydrogen-bond acceptors (Lipinski definition) is 1. The Morgan fingerprint density at radius 1 is 1.57 bits per heavy atom. The van der Waals surface area contributed by atoms with E-state index in [2.05, 4.69) is 24.8 Å². The quantitative estimate of drug-likeness (QED) is 0.396. The molecule has 0 radical (unpaired) electrons. The van der Waals surface area contributed by atoms with Crippen LogP contribution in [0.2, 0.25) is 0 Å². The van der Waals surface area contributed by atoms with E-state index < -0.39 is 0 Å². The smallest absolute Gasteiger partial charge is 0.0394 e. The van der Waals surface area contributed by atoms with Gasteiger partial charge in [0.05, 0.1) is 0 Å². The molecule has 0 aromatic carbocycles. The Kier molecular flexibility index (Phi) is 4.42. The van der Waals surface area contributed by atoms with Crippen LogP contribution in [-0.4, -0.2) is 5.71 Å². The minimum Gasteiger partial charge on any atom is -0.305 e. The highest BCUT2D eigenvalue weighted by Crippen LogP contribution is 2.23. The van der Waals surface area contributed by atoms with Crippen LogP contribution in [0.5, 0.6) is 0 Å². The fraction of sp³-hybridized carbons (Fsp3) is 0.538. The summed E-state index contributed by atoms with van der Waals surface area (Å²) in [4.78, 5) is 0. The molecule has 1 aliphatic rings. The van der Waals surface area contributed by atoms with Crippen LogP contribution in [0.3, 0.4) is 0 Å². The van der Waals surface area contributed by atoms with Gasteiger partial charge >= 0.3 is 0 Å². The largest absolute Gasteiger partial charge is 0.305 e. The number of nitrogens with one attached hydrogen (secondary N) is 1. The summed E-state index contributed by atoms with van der Waals surface area (Å²) in [5.41, 5.74) is 5.06.